The van der Waals surface area contributed by atoms with Gasteiger partial charge in [0.2, 0.25) is 0 Å². The molecule has 0 heterocycles. The first kappa shape index (κ1) is 20.5. The summed E-state index contributed by atoms with van der Waals surface area (Å²) in [5.41, 5.74) is 0.991. The van der Waals surface area contributed by atoms with Crippen LogP contribution in [0.3, 0.4) is 0 Å². The Bertz CT molecular complexity index is 1110. The Morgan fingerprint density at radius 3 is 2.30 bits per heavy atom. The molecule has 0 atom stereocenters. The minimum Gasteiger partial charge on any atom is -0.457 e. The number of nitrogens with zero attached hydrogens (tertiary/aromatic N) is 2. The number of hydrogen-bond acceptors (Lipinski definition) is 7. The molecule has 0 aliphatic rings. The Kier molecular flexibility index (Phi) is 6.02. The zero-order valence-electron chi connectivity index (χ0n) is 15.8. The normalized spacial score (nSPS) is 10.3. The lowest BCUT2D eigenvalue weighted by Gasteiger charge is -2.09. The fourth-order valence-corrected chi connectivity index (χ4v) is 2.64. The Morgan fingerprint density at radius 1 is 0.900 bits per heavy atom. The number of benzene rings is 3. The van der Waals surface area contributed by atoms with E-state index in [9.17, 15) is 25.0 Å². The summed E-state index contributed by atoms with van der Waals surface area (Å²) in [6.07, 6.45) is 0. The minimum atomic E-state index is -0.681. The van der Waals surface area contributed by atoms with Crippen molar-refractivity contribution in [2.75, 3.05) is 0 Å². The first-order valence-corrected chi connectivity index (χ1v) is 8.77. The summed E-state index contributed by atoms with van der Waals surface area (Å²) in [6, 6.07) is 16.6. The number of non-ortho nitro benzene ring substituents is 1. The van der Waals surface area contributed by atoms with Gasteiger partial charge in [-0.05, 0) is 42.8 Å². The summed E-state index contributed by atoms with van der Waals surface area (Å²) in [5, 5.41) is 21.7. The van der Waals surface area contributed by atoms with E-state index in [0.29, 0.717) is 22.6 Å². The molecule has 0 unspecified atom stereocenters. The van der Waals surface area contributed by atoms with Crippen molar-refractivity contribution in [3.63, 3.8) is 0 Å². The predicted octanol–water partition coefficient (Wildman–Crippen LogP) is 4.96. The van der Waals surface area contributed by atoms with Gasteiger partial charge in [-0.1, -0.05) is 18.2 Å². The summed E-state index contributed by atoms with van der Waals surface area (Å²) in [5.74, 6) is 0.199. The van der Waals surface area contributed by atoms with E-state index in [2.05, 4.69) is 0 Å². The van der Waals surface area contributed by atoms with E-state index < -0.39 is 15.8 Å². The van der Waals surface area contributed by atoms with Gasteiger partial charge in [0.25, 0.3) is 11.4 Å². The molecule has 0 bridgehead atoms. The number of esters is 1. The minimum absolute atomic E-state index is 0.0423. The Hall–Kier alpha value is -4.27. The smallest absolute Gasteiger partial charge is 0.338 e. The largest absolute Gasteiger partial charge is 0.457 e. The third-order valence-electron chi connectivity index (χ3n) is 4.19. The molecule has 0 spiro atoms. The second-order valence-electron chi connectivity index (χ2n) is 6.33. The molecule has 0 saturated carbocycles. The third kappa shape index (κ3) is 4.96. The molecule has 0 fully saturated rings. The molecule has 3 aromatic rings. The van der Waals surface area contributed by atoms with Crippen LogP contribution in [0, 0.1) is 27.2 Å². The van der Waals surface area contributed by atoms with Gasteiger partial charge in [0.15, 0.2) is 0 Å². The summed E-state index contributed by atoms with van der Waals surface area (Å²) < 4.78 is 10.9. The maximum Gasteiger partial charge on any atom is 0.338 e. The van der Waals surface area contributed by atoms with E-state index >= 15 is 0 Å². The Labute approximate surface area is 170 Å². The van der Waals surface area contributed by atoms with Crippen LogP contribution in [-0.4, -0.2) is 15.8 Å². The summed E-state index contributed by atoms with van der Waals surface area (Å²) >= 11 is 0. The van der Waals surface area contributed by atoms with Crippen molar-refractivity contribution in [2.24, 2.45) is 0 Å². The standard InChI is InChI=1S/C21H16N2O7/c1-14-5-6-16(12-20(14)23(27)28)21(24)29-13-15-3-2-4-19(11-15)30-18-9-7-17(8-10-18)22(25)26/h2-12H,13H2,1H3. The molecule has 0 saturated heterocycles. The van der Waals surface area contributed by atoms with Crippen LogP contribution in [-0.2, 0) is 11.3 Å². The average molecular weight is 408 g/mol. The number of ether oxygens (including phenoxy) is 2. The topological polar surface area (TPSA) is 122 Å². The maximum atomic E-state index is 12.2. The molecule has 0 amide bonds. The third-order valence-corrected chi connectivity index (χ3v) is 4.19. The van der Waals surface area contributed by atoms with Crippen LogP contribution in [0.1, 0.15) is 21.5 Å². The van der Waals surface area contributed by atoms with Crippen molar-refractivity contribution >= 4 is 17.3 Å². The number of nitro benzene ring substituents is 2. The highest BCUT2D eigenvalue weighted by atomic mass is 16.6. The lowest BCUT2D eigenvalue weighted by Crippen LogP contribution is -2.06. The van der Waals surface area contributed by atoms with E-state index in [1.807, 2.05) is 0 Å². The molecule has 0 aliphatic heterocycles. The van der Waals surface area contributed by atoms with Crippen LogP contribution in [0.4, 0.5) is 11.4 Å². The second-order valence-corrected chi connectivity index (χ2v) is 6.33. The van der Waals surface area contributed by atoms with Crippen molar-refractivity contribution in [2.45, 2.75) is 13.5 Å². The number of carbonyl (C=O) groups is 1. The number of aryl methyl sites for hydroxylation is 1. The molecule has 0 N–H and O–H groups in total. The van der Waals surface area contributed by atoms with Gasteiger partial charge in [-0.3, -0.25) is 20.2 Å². The van der Waals surface area contributed by atoms with Crippen molar-refractivity contribution in [3.8, 4) is 11.5 Å². The molecular weight excluding hydrogens is 392 g/mol. The van der Waals surface area contributed by atoms with Gasteiger partial charge in [-0.2, -0.15) is 0 Å². The van der Waals surface area contributed by atoms with Gasteiger partial charge in [0.05, 0.1) is 15.4 Å². The predicted molar refractivity (Wildman–Crippen MR) is 107 cm³/mol. The highest BCUT2D eigenvalue weighted by Gasteiger charge is 2.16. The van der Waals surface area contributed by atoms with Crippen molar-refractivity contribution < 1.29 is 24.1 Å². The van der Waals surface area contributed by atoms with Crippen molar-refractivity contribution in [3.05, 3.63) is 104 Å². The monoisotopic (exact) mass is 408 g/mol. The van der Waals surface area contributed by atoms with Gasteiger partial charge in [0.1, 0.15) is 18.1 Å². The van der Waals surface area contributed by atoms with E-state index in [1.165, 1.54) is 42.5 Å². The zero-order valence-corrected chi connectivity index (χ0v) is 15.8. The SMILES string of the molecule is Cc1ccc(C(=O)OCc2cccc(Oc3ccc([N+](=O)[O-])cc3)c2)cc1[N+](=O)[O-]. The summed E-state index contributed by atoms with van der Waals surface area (Å²) in [4.78, 5) is 32.9. The van der Waals surface area contributed by atoms with Gasteiger partial charge >= 0.3 is 5.97 Å². The van der Waals surface area contributed by atoms with E-state index in [0.717, 1.165) is 0 Å². The van der Waals surface area contributed by atoms with Crippen LogP contribution in [0.2, 0.25) is 0 Å². The van der Waals surface area contributed by atoms with Crippen LogP contribution in [0.15, 0.2) is 66.7 Å². The van der Waals surface area contributed by atoms with Crippen LogP contribution < -0.4 is 4.74 Å². The highest BCUT2D eigenvalue weighted by molar-refractivity contribution is 5.90. The van der Waals surface area contributed by atoms with Crippen LogP contribution in [0.25, 0.3) is 0 Å². The molecule has 9 nitrogen and oxygen atoms in total. The van der Waals surface area contributed by atoms with E-state index in [-0.39, 0.29) is 23.5 Å². The van der Waals surface area contributed by atoms with Crippen LogP contribution >= 0.6 is 0 Å². The molecule has 3 rings (SSSR count). The summed E-state index contributed by atoms with van der Waals surface area (Å²) in [7, 11) is 0. The molecule has 9 heteroatoms. The molecule has 152 valence electrons. The van der Waals surface area contributed by atoms with Gasteiger partial charge in [-0.25, -0.2) is 4.79 Å². The molecule has 30 heavy (non-hydrogen) atoms. The fourth-order valence-electron chi connectivity index (χ4n) is 2.64. The number of nitro groups is 2. The maximum absolute atomic E-state index is 12.2. The fraction of sp³-hybridized carbons (Fsp3) is 0.0952. The second kappa shape index (κ2) is 8.82. The first-order chi connectivity index (χ1) is 14.3. The molecule has 3 aromatic carbocycles. The first-order valence-electron chi connectivity index (χ1n) is 8.77. The number of carbonyl (C=O) groups excluding carboxylic acids is 1. The number of hydrogen-bond donors (Lipinski definition) is 0. The highest BCUT2D eigenvalue weighted by Crippen LogP contribution is 2.25. The Balaban J connectivity index is 1.65. The van der Waals surface area contributed by atoms with Crippen LogP contribution in [0.5, 0.6) is 11.5 Å². The summed E-state index contributed by atoms with van der Waals surface area (Å²) in [6.45, 7) is 1.53. The molecule has 0 aromatic heterocycles. The molecule has 0 radical (unpaired) electrons. The van der Waals surface area contributed by atoms with Gasteiger partial charge < -0.3 is 9.47 Å². The average Bonchev–Trinajstić information content (AvgIpc) is 2.73. The van der Waals surface area contributed by atoms with Gasteiger partial charge in [-0.15, -0.1) is 0 Å². The zero-order chi connectivity index (χ0) is 21.7. The lowest BCUT2D eigenvalue weighted by atomic mass is 10.1. The quantitative estimate of drug-likeness (QED) is 0.307. The van der Waals surface area contributed by atoms with Crippen molar-refractivity contribution in [1.82, 2.24) is 0 Å². The molecule has 0 aliphatic carbocycles. The van der Waals surface area contributed by atoms with E-state index in [4.69, 9.17) is 9.47 Å². The van der Waals surface area contributed by atoms with Gasteiger partial charge in [0, 0.05) is 23.8 Å². The number of rotatable bonds is 7. The lowest BCUT2D eigenvalue weighted by molar-refractivity contribution is -0.385. The molecular formula is C21H16N2O7. The Morgan fingerprint density at radius 2 is 1.63 bits per heavy atom. The van der Waals surface area contributed by atoms with E-state index in [1.54, 1.807) is 31.2 Å². The van der Waals surface area contributed by atoms with Crippen molar-refractivity contribution in [1.29, 1.82) is 0 Å².